The van der Waals surface area contributed by atoms with Gasteiger partial charge < -0.3 is 10.5 Å². The minimum absolute atomic E-state index is 0.359. The van der Waals surface area contributed by atoms with Crippen molar-refractivity contribution in [3.05, 3.63) is 27.7 Å². The van der Waals surface area contributed by atoms with Crippen LogP contribution < -0.4 is 10.5 Å². The molecule has 0 saturated heterocycles. The van der Waals surface area contributed by atoms with Gasteiger partial charge in [0.1, 0.15) is 5.75 Å². The molecule has 2 nitrogen and oxygen atoms in total. The second kappa shape index (κ2) is 6.95. The van der Waals surface area contributed by atoms with Gasteiger partial charge in [0.15, 0.2) is 0 Å². The molecule has 0 radical (unpaired) electrons. The maximum Gasteiger partial charge on any atom is 0.125 e. The van der Waals surface area contributed by atoms with Crippen LogP contribution in [-0.4, -0.2) is 12.6 Å². The first-order valence-electron chi connectivity index (χ1n) is 7.67. The van der Waals surface area contributed by atoms with Crippen LogP contribution in [0.25, 0.3) is 0 Å². The highest BCUT2D eigenvalue weighted by atomic mass is 79.9. The molecule has 0 spiro atoms. The number of benzene rings is 1. The van der Waals surface area contributed by atoms with Crippen molar-refractivity contribution in [2.24, 2.45) is 17.6 Å². The van der Waals surface area contributed by atoms with Crippen LogP contribution in [0.3, 0.4) is 0 Å². The third-order valence-corrected chi connectivity index (χ3v) is 5.02. The van der Waals surface area contributed by atoms with Gasteiger partial charge in [-0.3, -0.25) is 0 Å². The normalized spacial score (nSPS) is 26.6. The van der Waals surface area contributed by atoms with Crippen molar-refractivity contribution >= 4 is 15.9 Å². The van der Waals surface area contributed by atoms with Crippen molar-refractivity contribution in [2.45, 2.75) is 52.6 Å². The second-order valence-corrected chi connectivity index (χ2v) is 7.17. The van der Waals surface area contributed by atoms with Crippen LogP contribution in [0.5, 0.6) is 5.75 Å². The molecule has 3 heteroatoms. The molecule has 1 aliphatic carbocycles. The molecule has 1 fully saturated rings. The van der Waals surface area contributed by atoms with Crippen molar-refractivity contribution in [1.82, 2.24) is 0 Å². The van der Waals surface area contributed by atoms with Gasteiger partial charge in [-0.25, -0.2) is 0 Å². The Morgan fingerprint density at radius 3 is 2.65 bits per heavy atom. The number of hydrogen-bond donors (Lipinski definition) is 1. The highest BCUT2D eigenvalue weighted by molar-refractivity contribution is 9.10. The molecule has 112 valence electrons. The molecule has 1 aliphatic rings. The summed E-state index contributed by atoms with van der Waals surface area (Å²) in [4.78, 5) is 0. The largest absolute Gasteiger partial charge is 0.490 e. The highest BCUT2D eigenvalue weighted by Gasteiger charge is 2.26. The van der Waals surface area contributed by atoms with E-state index in [1.54, 1.807) is 0 Å². The fraction of sp³-hybridized carbons (Fsp3) is 0.647. The summed E-state index contributed by atoms with van der Waals surface area (Å²) < 4.78 is 7.47. The highest BCUT2D eigenvalue weighted by Crippen LogP contribution is 2.35. The molecule has 3 unspecified atom stereocenters. The Bertz CT molecular complexity index is 461. The monoisotopic (exact) mass is 339 g/mol. The molecule has 1 saturated carbocycles. The lowest BCUT2D eigenvalue weighted by Crippen LogP contribution is -2.29. The van der Waals surface area contributed by atoms with E-state index in [0.29, 0.717) is 12.6 Å². The first-order chi connectivity index (χ1) is 9.51. The van der Waals surface area contributed by atoms with Crippen molar-refractivity contribution in [2.75, 3.05) is 6.54 Å². The van der Waals surface area contributed by atoms with E-state index in [1.165, 1.54) is 30.4 Å². The van der Waals surface area contributed by atoms with Crippen LogP contribution in [0.4, 0.5) is 0 Å². The maximum atomic E-state index is 6.37. The Morgan fingerprint density at radius 2 is 2.00 bits per heavy atom. The van der Waals surface area contributed by atoms with Gasteiger partial charge in [0.2, 0.25) is 0 Å². The van der Waals surface area contributed by atoms with Gasteiger partial charge in [-0.05, 0) is 74.2 Å². The SMILES string of the molecule is Cc1cc(Br)cc(CCN)c1OC1CCC(C)C(C)C1. The maximum absolute atomic E-state index is 6.37. The predicted molar refractivity (Wildman–Crippen MR) is 88.2 cm³/mol. The summed E-state index contributed by atoms with van der Waals surface area (Å²) in [6, 6.07) is 4.27. The summed E-state index contributed by atoms with van der Waals surface area (Å²) >= 11 is 3.56. The summed E-state index contributed by atoms with van der Waals surface area (Å²) in [6.07, 6.45) is 4.83. The van der Waals surface area contributed by atoms with Crippen molar-refractivity contribution < 1.29 is 4.74 Å². The molecule has 1 aromatic carbocycles. The van der Waals surface area contributed by atoms with E-state index in [2.05, 4.69) is 48.8 Å². The lowest BCUT2D eigenvalue weighted by molar-refractivity contribution is 0.0990. The summed E-state index contributed by atoms with van der Waals surface area (Å²) in [5, 5.41) is 0. The van der Waals surface area contributed by atoms with E-state index in [-0.39, 0.29) is 0 Å². The predicted octanol–water partition coefficient (Wildman–Crippen LogP) is 4.46. The standard InChI is InChI=1S/C17H26BrNO/c1-11-4-5-16(9-12(11)2)20-17-13(3)8-15(18)10-14(17)6-7-19/h8,10-12,16H,4-7,9,19H2,1-3H3. The van der Waals surface area contributed by atoms with Crippen LogP contribution in [-0.2, 0) is 6.42 Å². The fourth-order valence-corrected chi connectivity index (χ4v) is 3.70. The molecular weight excluding hydrogens is 314 g/mol. The van der Waals surface area contributed by atoms with Crippen LogP contribution >= 0.6 is 15.9 Å². The Balaban J connectivity index is 2.16. The van der Waals surface area contributed by atoms with Gasteiger partial charge in [0, 0.05) is 4.47 Å². The van der Waals surface area contributed by atoms with Crippen molar-refractivity contribution in [1.29, 1.82) is 0 Å². The van der Waals surface area contributed by atoms with E-state index >= 15 is 0 Å². The fourth-order valence-electron chi connectivity index (χ4n) is 3.08. The molecule has 2 N–H and O–H groups in total. The lowest BCUT2D eigenvalue weighted by Gasteiger charge is -2.33. The molecule has 2 rings (SSSR count). The molecule has 0 amide bonds. The first-order valence-corrected chi connectivity index (χ1v) is 8.46. The van der Waals surface area contributed by atoms with Crippen molar-refractivity contribution in [3.63, 3.8) is 0 Å². The van der Waals surface area contributed by atoms with Gasteiger partial charge in [0.25, 0.3) is 0 Å². The molecule has 3 atom stereocenters. The summed E-state index contributed by atoms with van der Waals surface area (Å²) in [5.74, 6) is 2.64. The zero-order chi connectivity index (χ0) is 14.7. The third-order valence-electron chi connectivity index (χ3n) is 4.56. The van der Waals surface area contributed by atoms with E-state index in [4.69, 9.17) is 10.5 Å². The first kappa shape index (κ1) is 15.8. The van der Waals surface area contributed by atoms with Gasteiger partial charge in [-0.2, -0.15) is 0 Å². The minimum Gasteiger partial charge on any atom is -0.490 e. The smallest absolute Gasteiger partial charge is 0.125 e. The van der Waals surface area contributed by atoms with Gasteiger partial charge >= 0.3 is 0 Å². The average molecular weight is 340 g/mol. The number of ether oxygens (including phenoxy) is 1. The minimum atomic E-state index is 0.359. The molecular formula is C17H26BrNO. The van der Waals surface area contributed by atoms with E-state index in [9.17, 15) is 0 Å². The number of aryl methyl sites for hydroxylation is 1. The Morgan fingerprint density at radius 1 is 1.25 bits per heavy atom. The second-order valence-electron chi connectivity index (χ2n) is 6.26. The van der Waals surface area contributed by atoms with E-state index in [0.717, 1.165) is 28.5 Å². The van der Waals surface area contributed by atoms with Crippen LogP contribution in [0.1, 0.15) is 44.2 Å². The summed E-state index contributed by atoms with van der Waals surface area (Å²) in [6.45, 7) is 7.47. The van der Waals surface area contributed by atoms with E-state index < -0.39 is 0 Å². The van der Waals surface area contributed by atoms with Gasteiger partial charge in [-0.1, -0.05) is 29.8 Å². The van der Waals surface area contributed by atoms with Crippen LogP contribution in [0, 0.1) is 18.8 Å². The molecule has 1 aromatic rings. The average Bonchev–Trinajstić information content (AvgIpc) is 2.38. The Hall–Kier alpha value is -0.540. The van der Waals surface area contributed by atoms with Crippen molar-refractivity contribution in [3.8, 4) is 5.75 Å². The van der Waals surface area contributed by atoms with Gasteiger partial charge in [0.05, 0.1) is 6.10 Å². The topological polar surface area (TPSA) is 35.2 Å². The number of nitrogens with two attached hydrogens (primary N) is 1. The Kier molecular flexibility index (Phi) is 5.50. The molecule has 0 aromatic heterocycles. The zero-order valence-corrected chi connectivity index (χ0v) is 14.4. The number of halogens is 1. The Labute approximate surface area is 131 Å². The van der Waals surface area contributed by atoms with Gasteiger partial charge in [-0.15, -0.1) is 0 Å². The number of hydrogen-bond acceptors (Lipinski definition) is 2. The van der Waals surface area contributed by atoms with Crippen LogP contribution in [0.2, 0.25) is 0 Å². The molecule has 0 aliphatic heterocycles. The van der Waals surface area contributed by atoms with Crippen LogP contribution in [0.15, 0.2) is 16.6 Å². The molecule has 20 heavy (non-hydrogen) atoms. The quantitative estimate of drug-likeness (QED) is 0.878. The zero-order valence-electron chi connectivity index (χ0n) is 12.8. The molecule has 0 heterocycles. The third kappa shape index (κ3) is 3.76. The number of rotatable bonds is 4. The summed E-state index contributed by atoms with van der Waals surface area (Å²) in [5.41, 5.74) is 8.16. The lowest BCUT2D eigenvalue weighted by atomic mass is 9.80. The summed E-state index contributed by atoms with van der Waals surface area (Å²) in [7, 11) is 0. The van der Waals surface area contributed by atoms with E-state index in [1.807, 2.05) is 0 Å². The molecule has 0 bridgehead atoms.